The first-order valence-corrected chi connectivity index (χ1v) is 5.73. The van der Waals surface area contributed by atoms with Gasteiger partial charge >= 0.3 is 0 Å². The molecule has 1 heterocycles. The smallest absolute Gasteiger partial charge is 0.200 e. The molecule has 2 aromatic rings. The monoisotopic (exact) mass is 252 g/mol. The van der Waals surface area contributed by atoms with Crippen molar-refractivity contribution >= 4 is 11.3 Å². The van der Waals surface area contributed by atoms with Crippen LogP contribution in [0.3, 0.4) is 0 Å². The van der Waals surface area contributed by atoms with Crippen molar-refractivity contribution in [3.63, 3.8) is 0 Å². The minimum Gasteiger partial charge on any atom is -0.502 e. The van der Waals surface area contributed by atoms with E-state index in [1.54, 1.807) is 12.1 Å². The predicted molar refractivity (Wildman–Crippen MR) is 64.9 cm³/mol. The van der Waals surface area contributed by atoms with Crippen molar-refractivity contribution in [1.82, 2.24) is 10.2 Å². The van der Waals surface area contributed by atoms with Gasteiger partial charge in [-0.2, -0.15) is 0 Å². The fourth-order valence-corrected chi connectivity index (χ4v) is 2.11. The Labute approximate surface area is 103 Å². The third kappa shape index (κ3) is 2.16. The quantitative estimate of drug-likeness (QED) is 0.907. The van der Waals surface area contributed by atoms with Gasteiger partial charge in [-0.3, -0.25) is 0 Å². The number of benzene rings is 1. The Hall–Kier alpha value is -1.82. The molecule has 0 atom stereocenters. The normalized spacial score (nSPS) is 10.3. The SMILES string of the molecule is COc1cc(-c2nnc(C)s2)cc(OC)c1O. The molecule has 1 aromatic heterocycles. The lowest BCUT2D eigenvalue weighted by atomic mass is 10.2. The van der Waals surface area contributed by atoms with Crippen LogP contribution < -0.4 is 9.47 Å². The number of methoxy groups -OCH3 is 2. The van der Waals surface area contributed by atoms with Crippen molar-refractivity contribution in [1.29, 1.82) is 0 Å². The number of hydrogen-bond acceptors (Lipinski definition) is 6. The Balaban J connectivity index is 2.55. The molecule has 1 N–H and O–H groups in total. The topological polar surface area (TPSA) is 64.5 Å². The largest absolute Gasteiger partial charge is 0.502 e. The maximum Gasteiger partial charge on any atom is 0.200 e. The van der Waals surface area contributed by atoms with Crippen LogP contribution in [0, 0.1) is 6.92 Å². The zero-order chi connectivity index (χ0) is 12.4. The summed E-state index contributed by atoms with van der Waals surface area (Å²) >= 11 is 1.47. The highest BCUT2D eigenvalue weighted by Gasteiger charge is 2.14. The number of phenols is 1. The molecule has 0 fully saturated rings. The summed E-state index contributed by atoms with van der Waals surface area (Å²) in [7, 11) is 2.98. The van der Waals surface area contributed by atoms with Gasteiger partial charge in [0.1, 0.15) is 10.0 Å². The summed E-state index contributed by atoms with van der Waals surface area (Å²) in [5, 5.41) is 19.4. The van der Waals surface area contributed by atoms with Gasteiger partial charge < -0.3 is 14.6 Å². The predicted octanol–water partition coefficient (Wildman–Crippen LogP) is 2.24. The Morgan fingerprint density at radius 2 is 1.71 bits per heavy atom. The highest BCUT2D eigenvalue weighted by atomic mass is 32.1. The van der Waals surface area contributed by atoms with Crippen LogP contribution in [0.5, 0.6) is 17.2 Å². The number of phenolic OH excluding ortho intramolecular Hbond substituents is 1. The average Bonchev–Trinajstić information content (AvgIpc) is 2.76. The van der Waals surface area contributed by atoms with Gasteiger partial charge in [0.2, 0.25) is 5.75 Å². The lowest BCUT2D eigenvalue weighted by Crippen LogP contribution is -1.90. The van der Waals surface area contributed by atoms with Crippen LogP contribution in [0.2, 0.25) is 0 Å². The number of aromatic nitrogens is 2. The van der Waals surface area contributed by atoms with Crippen LogP contribution in [-0.2, 0) is 0 Å². The van der Waals surface area contributed by atoms with Gasteiger partial charge in [-0.05, 0) is 19.1 Å². The third-order valence-electron chi connectivity index (χ3n) is 2.25. The first-order chi connectivity index (χ1) is 8.15. The summed E-state index contributed by atoms with van der Waals surface area (Å²) in [6.45, 7) is 1.88. The van der Waals surface area contributed by atoms with Crippen LogP contribution in [0.4, 0.5) is 0 Å². The number of aryl methyl sites for hydroxylation is 1. The minimum absolute atomic E-state index is 0.0139. The molecular formula is C11H12N2O3S. The van der Waals surface area contributed by atoms with Crippen molar-refractivity contribution in [2.45, 2.75) is 6.92 Å². The molecular weight excluding hydrogens is 240 g/mol. The maximum atomic E-state index is 9.78. The van der Waals surface area contributed by atoms with Crippen LogP contribution >= 0.6 is 11.3 Å². The Morgan fingerprint density at radius 1 is 1.12 bits per heavy atom. The molecule has 0 amide bonds. The van der Waals surface area contributed by atoms with Gasteiger partial charge in [0, 0.05) is 5.56 Å². The fraction of sp³-hybridized carbons (Fsp3) is 0.273. The van der Waals surface area contributed by atoms with E-state index in [2.05, 4.69) is 10.2 Å². The first kappa shape index (κ1) is 11.7. The van der Waals surface area contributed by atoms with E-state index >= 15 is 0 Å². The molecule has 0 aliphatic heterocycles. The summed E-state index contributed by atoms with van der Waals surface area (Å²) in [6.07, 6.45) is 0. The Kier molecular flexibility index (Phi) is 3.14. The minimum atomic E-state index is -0.0139. The molecule has 0 spiro atoms. The number of nitrogens with zero attached hydrogens (tertiary/aromatic N) is 2. The van der Waals surface area contributed by atoms with E-state index in [1.165, 1.54) is 25.6 Å². The van der Waals surface area contributed by atoms with E-state index in [0.717, 1.165) is 15.6 Å². The molecule has 6 heteroatoms. The molecule has 90 valence electrons. The van der Waals surface area contributed by atoms with Crippen molar-refractivity contribution in [3.8, 4) is 27.8 Å². The van der Waals surface area contributed by atoms with Gasteiger partial charge in [-0.15, -0.1) is 10.2 Å². The zero-order valence-electron chi connectivity index (χ0n) is 9.72. The number of hydrogen-bond donors (Lipinski definition) is 1. The molecule has 5 nitrogen and oxygen atoms in total. The summed E-state index contributed by atoms with van der Waals surface area (Å²) in [5.41, 5.74) is 0.808. The third-order valence-corrected chi connectivity index (χ3v) is 3.14. The molecule has 0 saturated heterocycles. The Bertz CT molecular complexity index is 514. The van der Waals surface area contributed by atoms with Crippen LogP contribution in [0.1, 0.15) is 5.01 Å². The summed E-state index contributed by atoms with van der Waals surface area (Å²) in [5.74, 6) is 0.694. The van der Waals surface area contributed by atoms with Crippen LogP contribution in [0.15, 0.2) is 12.1 Å². The van der Waals surface area contributed by atoms with Gasteiger partial charge in [0.05, 0.1) is 14.2 Å². The fourth-order valence-electron chi connectivity index (χ4n) is 1.43. The number of rotatable bonds is 3. The first-order valence-electron chi connectivity index (χ1n) is 4.91. The highest BCUT2D eigenvalue weighted by Crippen LogP contribution is 2.40. The van der Waals surface area contributed by atoms with Crippen molar-refractivity contribution < 1.29 is 14.6 Å². The molecule has 0 radical (unpaired) electrons. The molecule has 0 aliphatic rings. The van der Waals surface area contributed by atoms with Crippen LogP contribution in [0.25, 0.3) is 10.6 Å². The molecule has 1 aromatic carbocycles. The molecule has 0 bridgehead atoms. The average molecular weight is 252 g/mol. The number of ether oxygens (including phenoxy) is 2. The van der Waals surface area contributed by atoms with Crippen molar-refractivity contribution in [2.75, 3.05) is 14.2 Å². The second-order valence-electron chi connectivity index (χ2n) is 3.36. The van der Waals surface area contributed by atoms with E-state index in [4.69, 9.17) is 9.47 Å². The Morgan fingerprint density at radius 3 is 2.12 bits per heavy atom. The lowest BCUT2D eigenvalue weighted by Gasteiger charge is -2.09. The van der Waals surface area contributed by atoms with Crippen LogP contribution in [-0.4, -0.2) is 29.5 Å². The highest BCUT2D eigenvalue weighted by molar-refractivity contribution is 7.14. The second kappa shape index (κ2) is 4.58. The van der Waals surface area contributed by atoms with Crippen molar-refractivity contribution in [3.05, 3.63) is 17.1 Å². The van der Waals surface area contributed by atoms with E-state index < -0.39 is 0 Å². The molecule has 17 heavy (non-hydrogen) atoms. The standard InChI is InChI=1S/C11H12N2O3S/c1-6-12-13-11(17-6)7-4-8(15-2)10(14)9(5-7)16-3/h4-5,14H,1-3H3. The summed E-state index contributed by atoms with van der Waals surface area (Å²) in [6, 6.07) is 3.41. The van der Waals surface area contributed by atoms with E-state index in [1.807, 2.05) is 6.92 Å². The molecule has 0 unspecified atom stereocenters. The second-order valence-corrected chi connectivity index (χ2v) is 4.54. The number of aromatic hydroxyl groups is 1. The van der Waals surface area contributed by atoms with Gasteiger partial charge in [-0.1, -0.05) is 11.3 Å². The lowest BCUT2D eigenvalue weighted by molar-refractivity contribution is 0.340. The molecule has 0 saturated carbocycles. The van der Waals surface area contributed by atoms with E-state index in [9.17, 15) is 5.11 Å². The summed E-state index contributed by atoms with van der Waals surface area (Å²) < 4.78 is 10.2. The van der Waals surface area contributed by atoms with E-state index in [-0.39, 0.29) is 5.75 Å². The zero-order valence-corrected chi connectivity index (χ0v) is 10.5. The van der Waals surface area contributed by atoms with Gasteiger partial charge in [0.15, 0.2) is 11.5 Å². The maximum absolute atomic E-state index is 9.78. The molecule has 2 rings (SSSR count). The van der Waals surface area contributed by atoms with Gasteiger partial charge in [0.25, 0.3) is 0 Å². The van der Waals surface area contributed by atoms with E-state index in [0.29, 0.717) is 11.5 Å². The summed E-state index contributed by atoms with van der Waals surface area (Å²) in [4.78, 5) is 0. The molecule has 0 aliphatic carbocycles. The van der Waals surface area contributed by atoms with Crippen molar-refractivity contribution in [2.24, 2.45) is 0 Å². The van der Waals surface area contributed by atoms with Gasteiger partial charge in [-0.25, -0.2) is 0 Å².